The van der Waals surface area contributed by atoms with Crippen molar-refractivity contribution >= 4 is 11.6 Å². The fourth-order valence-corrected chi connectivity index (χ4v) is 3.07. The van der Waals surface area contributed by atoms with E-state index < -0.39 is 0 Å². The third kappa shape index (κ3) is 3.66. The Balaban J connectivity index is 1.80. The molecule has 134 valence electrons. The van der Waals surface area contributed by atoms with Gasteiger partial charge in [0, 0.05) is 37.2 Å². The largest absolute Gasteiger partial charge is 0.388 e. The number of rotatable bonds is 4. The van der Waals surface area contributed by atoms with E-state index in [1.807, 2.05) is 44.9 Å². The Morgan fingerprint density at radius 3 is 2.92 bits per heavy atom. The minimum absolute atomic E-state index is 0.0130. The minimum Gasteiger partial charge on any atom is -0.388 e. The second-order valence-electron chi connectivity index (χ2n) is 6.54. The maximum absolute atomic E-state index is 12.9. The van der Waals surface area contributed by atoms with Crippen molar-refractivity contribution in [2.75, 3.05) is 32.1 Å². The van der Waals surface area contributed by atoms with Gasteiger partial charge in [0.15, 0.2) is 0 Å². The van der Waals surface area contributed by atoms with Crippen LogP contribution in [0.2, 0.25) is 0 Å². The predicted molar refractivity (Wildman–Crippen MR) is 95.7 cm³/mol. The van der Waals surface area contributed by atoms with Gasteiger partial charge in [-0.15, -0.1) is 0 Å². The molecule has 1 N–H and O–H groups in total. The quantitative estimate of drug-likeness (QED) is 0.923. The van der Waals surface area contributed by atoms with Crippen LogP contribution in [0.4, 0.5) is 5.69 Å². The van der Waals surface area contributed by atoms with Crippen molar-refractivity contribution in [3.63, 3.8) is 0 Å². The molecule has 3 rings (SSSR count). The zero-order valence-electron chi connectivity index (χ0n) is 15.2. The van der Waals surface area contributed by atoms with Crippen LogP contribution in [0, 0.1) is 6.92 Å². The van der Waals surface area contributed by atoms with Gasteiger partial charge in [-0.25, -0.2) is 0 Å². The molecule has 0 saturated carbocycles. The van der Waals surface area contributed by atoms with E-state index in [0.29, 0.717) is 25.4 Å². The highest BCUT2D eigenvalue weighted by molar-refractivity contribution is 5.92. The number of anilines is 1. The fraction of sp³-hybridized carbons (Fsp3) is 0.500. The molecule has 0 bridgehead atoms. The molecule has 0 spiro atoms. The fourth-order valence-electron chi connectivity index (χ4n) is 3.07. The second-order valence-corrected chi connectivity index (χ2v) is 6.54. The van der Waals surface area contributed by atoms with E-state index in [9.17, 15) is 4.79 Å². The molecule has 1 fully saturated rings. The monoisotopic (exact) mass is 343 g/mol. The van der Waals surface area contributed by atoms with Crippen LogP contribution in [0.3, 0.4) is 0 Å². The predicted octanol–water partition coefficient (Wildman–Crippen LogP) is 2.42. The smallest absolute Gasteiger partial charge is 0.272 e. The summed E-state index contributed by atoms with van der Waals surface area (Å²) in [6.07, 6.45) is 1.45. The van der Waals surface area contributed by atoms with Crippen molar-refractivity contribution in [1.82, 2.24) is 19.7 Å². The molecular formula is C18H25N5O2. The van der Waals surface area contributed by atoms with Gasteiger partial charge in [0.05, 0.1) is 18.8 Å². The molecule has 7 nitrogen and oxygen atoms in total. The number of ether oxygens (including phenoxy) is 1. The molecule has 3 heterocycles. The van der Waals surface area contributed by atoms with Gasteiger partial charge in [-0.2, -0.15) is 5.10 Å². The van der Waals surface area contributed by atoms with E-state index in [1.54, 1.807) is 16.9 Å². The van der Waals surface area contributed by atoms with Gasteiger partial charge in [0.1, 0.15) is 11.8 Å². The summed E-state index contributed by atoms with van der Waals surface area (Å²) in [5.41, 5.74) is 3.38. The van der Waals surface area contributed by atoms with Gasteiger partial charge < -0.3 is 15.0 Å². The number of nitrogens with one attached hydrogen (secondary N) is 1. The van der Waals surface area contributed by atoms with E-state index in [1.165, 1.54) is 0 Å². The van der Waals surface area contributed by atoms with E-state index in [-0.39, 0.29) is 18.1 Å². The van der Waals surface area contributed by atoms with E-state index >= 15 is 0 Å². The number of carbonyl (C=O) groups is 1. The standard InChI is InChI=1S/C18H25N5O2/c1-12(2)23-16(5-6-20-23)18(24)22-7-8-25-17(11-22)15-10-14(19-4)9-13(3)21-15/h5-6,9-10,12,17H,7-8,11H2,1-4H3,(H,19,21). The normalized spacial score (nSPS) is 17.8. The van der Waals surface area contributed by atoms with Gasteiger partial charge in [-0.3, -0.25) is 14.5 Å². The summed E-state index contributed by atoms with van der Waals surface area (Å²) >= 11 is 0. The molecule has 0 aliphatic carbocycles. The molecule has 1 aliphatic rings. The Morgan fingerprint density at radius 2 is 2.20 bits per heavy atom. The summed E-state index contributed by atoms with van der Waals surface area (Å²) in [5.74, 6) is -0.0130. The van der Waals surface area contributed by atoms with Crippen molar-refractivity contribution in [2.24, 2.45) is 0 Å². The van der Waals surface area contributed by atoms with Crippen LogP contribution < -0.4 is 5.32 Å². The van der Waals surface area contributed by atoms with Gasteiger partial charge in [-0.05, 0) is 39.0 Å². The first-order valence-corrected chi connectivity index (χ1v) is 8.60. The molecule has 0 radical (unpaired) electrons. The van der Waals surface area contributed by atoms with Crippen LogP contribution in [-0.4, -0.2) is 52.3 Å². The number of amides is 1. The van der Waals surface area contributed by atoms with Gasteiger partial charge in [0.25, 0.3) is 5.91 Å². The lowest BCUT2D eigenvalue weighted by molar-refractivity contribution is -0.0251. The van der Waals surface area contributed by atoms with Crippen molar-refractivity contribution < 1.29 is 9.53 Å². The molecule has 7 heteroatoms. The SMILES string of the molecule is CNc1cc(C)nc(C2CN(C(=O)c3ccnn3C(C)C)CCO2)c1. The highest BCUT2D eigenvalue weighted by Gasteiger charge is 2.29. The molecule has 0 aromatic carbocycles. The van der Waals surface area contributed by atoms with Gasteiger partial charge in [0.2, 0.25) is 0 Å². The van der Waals surface area contributed by atoms with Crippen molar-refractivity contribution in [3.05, 3.63) is 41.5 Å². The first-order valence-electron chi connectivity index (χ1n) is 8.60. The zero-order valence-corrected chi connectivity index (χ0v) is 15.2. The van der Waals surface area contributed by atoms with Crippen molar-refractivity contribution in [3.8, 4) is 0 Å². The second kappa shape index (κ2) is 7.23. The maximum Gasteiger partial charge on any atom is 0.272 e. The van der Waals surface area contributed by atoms with Gasteiger partial charge in [-0.1, -0.05) is 0 Å². The maximum atomic E-state index is 12.9. The number of aryl methyl sites for hydroxylation is 1. The Morgan fingerprint density at radius 1 is 1.40 bits per heavy atom. The number of hydrogen-bond acceptors (Lipinski definition) is 5. The summed E-state index contributed by atoms with van der Waals surface area (Å²) in [6, 6.07) is 5.87. The number of nitrogens with zero attached hydrogens (tertiary/aromatic N) is 4. The molecule has 25 heavy (non-hydrogen) atoms. The van der Waals surface area contributed by atoms with E-state index in [4.69, 9.17) is 4.74 Å². The Labute approximate surface area is 148 Å². The van der Waals surface area contributed by atoms with Crippen molar-refractivity contribution in [1.29, 1.82) is 0 Å². The summed E-state index contributed by atoms with van der Waals surface area (Å²) in [4.78, 5) is 19.3. The highest BCUT2D eigenvalue weighted by Crippen LogP contribution is 2.25. The Bertz CT molecular complexity index is 756. The molecule has 1 amide bonds. The first-order chi connectivity index (χ1) is 12.0. The molecule has 1 unspecified atom stereocenters. The lowest BCUT2D eigenvalue weighted by Crippen LogP contribution is -2.43. The zero-order chi connectivity index (χ0) is 18.0. The van der Waals surface area contributed by atoms with Crippen LogP contribution in [0.1, 0.15) is 47.9 Å². The lowest BCUT2D eigenvalue weighted by atomic mass is 10.1. The summed E-state index contributed by atoms with van der Waals surface area (Å²) in [6.45, 7) is 7.54. The van der Waals surface area contributed by atoms with Crippen LogP contribution in [0.5, 0.6) is 0 Å². The van der Waals surface area contributed by atoms with Crippen LogP contribution in [0.15, 0.2) is 24.4 Å². The average Bonchev–Trinajstić information content (AvgIpc) is 3.10. The van der Waals surface area contributed by atoms with Crippen LogP contribution >= 0.6 is 0 Å². The summed E-state index contributed by atoms with van der Waals surface area (Å²) in [5, 5.41) is 7.40. The van der Waals surface area contributed by atoms with Crippen LogP contribution in [-0.2, 0) is 4.74 Å². The number of pyridine rings is 1. The number of carbonyl (C=O) groups excluding carboxylic acids is 1. The Kier molecular flexibility index (Phi) is 5.03. The first kappa shape index (κ1) is 17.4. The van der Waals surface area contributed by atoms with E-state index in [0.717, 1.165) is 17.1 Å². The average molecular weight is 343 g/mol. The minimum atomic E-state index is -0.222. The molecule has 1 atom stereocenters. The highest BCUT2D eigenvalue weighted by atomic mass is 16.5. The topological polar surface area (TPSA) is 72.3 Å². The number of hydrogen-bond donors (Lipinski definition) is 1. The Hall–Kier alpha value is -2.41. The molecule has 2 aromatic rings. The molecular weight excluding hydrogens is 318 g/mol. The van der Waals surface area contributed by atoms with Crippen LogP contribution in [0.25, 0.3) is 0 Å². The molecule has 1 saturated heterocycles. The number of morpholine rings is 1. The third-order valence-electron chi connectivity index (χ3n) is 4.32. The third-order valence-corrected chi connectivity index (χ3v) is 4.32. The number of aromatic nitrogens is 3. The summed E-state index contributed by atoms with van der Waals surface area (Å²) in [7, 11) is 1.88. The van der Waals surface area contributed by atoms with E-state index in [2.05, 4.69) is 15.4 Å². The molecule has 1 aliphatic heterocycles. The molecule has 2 aromatic heterocycles. The summed E-state index contributed by atoms with van der Waals surface area (Å²) < 4.78 is 7.65. The van der Waals surface area contributed by atoms with Crippen molar-refractivity contribution in [2.45, 2.75) is 32.9 Å². The lowest BCUT2D eigenvalue weighted by Gasteiger charge is -2.33. The van der Waals surface area contributed by atoms with Gasteiger partial charge >= 0.3 is 0 Å².